The van der Waals surface area contributed by atoms with Gasteiger partial charge >= 0.3 is 0 Å². The number of rotatable bonds is 6. The maximum absolute atomic E-state index is 13.6. The Kier molecular flexibility index (Phi) is 6.36. The third-order valence-electron chi connectivity index (χ3n) is 6.62. The zero-order valence-corrected chi connectivity index (χ0v) is 21.3. The fraction of sp³-hybridized carbons (Fsp3) is 0.214. The molecule has 0 aliphatic carbocycles. The first-order chi connectivity index (χ1) is 17.4. The van der Waals surface area contributed by atoms with E-state index >= 15 is 0 Å². The first kappa shape index (κ1) is 23.8. The van der Waals surface area contributed by atoms with E-state index in [1.165, 1.54) is 12.1 Å². The standard InChI is InChI=1S/C28H27FN4O2S/c1-17-15-22(18(2)32(17)20-10-8-19(29)9-11-20)27-26(23-7-5-6-14-30-23)31-28(36)33(27)24-16-21(34-3)12-13-25(24)35-4/h5-16,26-27H,1-4H3,(H,31,36)/t26-,27+/m1/s1. The van der Waals surface area contributed by atoms with Gasteiger partial charge in [0, 0.05) is 29.3 Å². The summed E-state index contributed by atoms with van der Waals surface area (Å²) in [5.74, 6) is 1.11. The topological polar surface area (TPSA) is 51.6 Å². The molecule has 4 aromatic rings. The van der Waals surface area contributed by atoms with Gasteiger partial charge in [-0.3, -0.25) is 4.98 Å². The molecule has 8 heteroatoms. The van der Waals surface area contributed by atoms with Crippen molar-refractivity contribution < 1.29 is 13.9 Å². The average Bonchev–Trinajstić information content (AvgIpc) is 3.39. The summed E-state index contributed by atoms with van der Waals surface area (Å²) in [6.07, 6.45) is 1.79. The Morgan fingerprint density at radius 3 is 2.42 bits per heavy atom. The van der Waals surface area contributed by atoms with Crippen molar-refractivity contribution >= 4 is 23.0 Å². The second kappa shape index (κ2) is 9.62. The molecule has 3 heterocycles. The van der Waals surface area contributed by atoms with E-state index in [4.69, 9.17) is 21.7 Å². The number of benzene rings is 2. The average molecular weight is 503 g/mol. The van der Waals surface area contributed by atoms with E-state index in [0.29, 0.717) is 16.6 Å². The molecular weight excluding hydrogens is 475 g/mol. The third-order valence-corrected chi connectivity index (χ3v) is 6.93. The van der Waals surface area contributed by atoms with Crippen molar-refractivity contribution in [2.24, 2.45) is 0 Å². The molecule has 5 rings (SSSR count). The zero-order chi connectivity index (χ0) is 25.4. The number of aryl methyl sites for hydroxylation is 1. The third kappa shape index (κ3) is 4.07. The molecule has 36 heavy (non-hydrogen) atoms. The van der Waals surface area contributed by atoms with Crippen LogP contribution in [0, 0.1) is 19.7 Å². The maximum atomic E-state index is 13.6. The summed E-state index contributed by atoms with van der Waals surface area (Å²) < 4.78 is 27.0. The van der Waals surface area contributed by atoms with Gasteiger partial charge in [0.1, 0.15) is 17.3 Å². The molecular formula is C28H27FN4O2S. The number of pyridine rings is 1. The van der Waals surface area contributed by atoms with Crippen molar-refractivity contribution in [3.63, 3.8) is 0 Å². The molecule has 2 atom stereocenters. The van der Waals surface area contributed by atoms with Crippen molar-refractivity contribution in [2.75, 3.05) is 19.1 Å². The van der Waals surface area contributed by atoms with Crippen molar-refractivity contribution in [2.45, 2.75) is 25.9 Å². The molecule has 0 saturated carbocycles. The monoisotopic (exact) mass is 502 g/mol. The van der Waals surface area contributed by atoms with Crippen LogP contribution in [-0.4, -0.2) is 28.9 Å². The van der Waals surface area contributed by atoms with Crippen LogP contribution in [0.15, 0.2) is 72.9 Å². The molecule has 0 unspecified atom stereocenters. The maximum Gasteiger partial charge on any atom is 0.174 e. The lowest BCUT2D eigenvalue weighted by molar-refractivity contribution is 0.403. The fourth-order valence-corrected chi connectivity index (χ4v) is 5.33. The highest BCUT2D eigenvalue weighted by Crippen LogP contribution is 2.47. The summed E-state index contributed by atoms with van der Waals surface area (Å²) in [7, 11) is 3.28. The summed E-state index contributed by atoms with van der Waals surface area (Å²) in [4.78, 5) is 6.73. The Hall–Kier alpha value is -3.91. The van der Waals surface area contributed by atoms with Crippen LogP contribution in [0.5, 0.6) is 11.5 Å². The molecule has 0 bridgehead atoms. The first-order valence-electron chi connectivity index (χ1n) is 11.6. The Morgan fingerprint density at radius 2 is 1.75 bits per heavy atom. The highest BCUT2D eigenvalue weighted by molar-refractivity contribution is 7.80. The molecule has 6 nitrogen and oxygen atoms in total. The lowest BCUT2D eigenvalue weighted by Crippen LogP contribution is -2.30. The van der Waals surface area contributed by atoms with E-state index in [1.54, 1.807) is 32.5 Å². The van der Waals surface area contributed by atoms with Crippen LogP contribution in [-0.2, 0) is 0 Å². The number of anilines is 1. The van der Waals surface area contributed by atoms with Crippen LogP contribution in [0.3, 0.4) is 0 Å². The van der Waals surface area contributed by atoms with Gasteiger partial charge in [-0.25, -0.2) is 4.39 Å². The molecule has 2 aromatic heterocycles. The molecule has 1 aliphatic heterocycles. The minimum atomic E-state index is -0.265. The lowest BCUT2D eigenvalue weighted by atomic mass is 9.96. The molecule has 1 aliphatic rings. The molecule has 2 aromatic carbocycles. The van der Waals surface area contributed by atoms with Gasteiger partial charge in [-0.15, -0.1) is 0 Å². The minimum absolute atomic E-state index is 0.211. The second-order valence-corrected chi connectivity index (χ2v) is 9.06. The summed E-state index contributed by atoms with van der Waals surface area (Å²) in [6.45, 7) is 4.12. The number of halogens is 1. The fourth-order valence-electron chi connectivity index (χ4n) is 4.99. The molecule has 0 radical (unpaired) electrons. The van der Waals surface area contributed by atoms with Gasteiger partial charge in [-0.1, -0.05) is 6.07 Å². The summed E-state index contributed by atoms with van der Waals surface area (Å²) >= 11 is 5.90. The van der Waals surface area contributed by atoms with Crippen LogP contribution in [0.1, 0.15) is 34.7 Å². The van der Waals surface area contributed by atoms with E-state index in [9.17, 15) is 4.39 Å². The van der Waals surface area contributed by atoms with Crippen LogP contribution in [0.4, 0.5) is 10.1 Å². The van der Waals surface area contributed by atoms with Crippen LogP contribution < -0.4 is 19.7 Å². The van der Waals surface area contributed by atoms with Gasteiger partial charge in [0.25, 0.3) is 0 Å². The van der Waals surface area contributed by atoms with E-state index in [-0.39, 0.29) is 17.9 Å². The highest BCUT2D eigenvalue weighted by atomic mass is 32.1. The minimum Gasteiger partial charge on any atom is -0.497 e. The number of hydrogen-bond donors (Lipinski definition) is 1. The smallest absolute Gasteiger partial charge is 0.174 e. The number of methoxy groups -OCH3 is 2. The summed E-state index contributed by atoms with van der Waals surface area (Å²) in [5.41, 5.74) is 5.70. The highest BCUT2D eigenvalue weighted by Gasteiger charge is 2.43. The molecule has 0 amide bonds. The van der Waals surface area contributed by atoms with Crippen LogP contribution in [0.25, 0.3) is 5.69 Å². The number of ether oxygens (including phenoxy) is 2. The van der Waals surface area contributed by atoms with Crippen molar-refractivity contribution in [3.05, 3.63) is 101 Å². The number of nitrogens with zero attached hydrogens (tertiary/aromatic N) is 3. The van der Waals surface area contributed by atoms with Crippen molar-refractivity contribution in [1.82, 2.24) is 14.9 Å². The van der Waals surface area contributed by atoms with Crippen molar-refractivity contribution in [3.8, 4) is 17.2 Å². The Labute approximate surface area is 215 Å². The van der Waals surface area contributed by atoms with Gasteiger partial charge in [0.05, 0.1) is 37.7 Å². The van der Waals surface area contributed by atoms with Gasteiger partial charge in [-0.05, 0) is 86.2 Å². The Balaban J connectivity index is 1.71. The van der Waals surface area contributed by atoms with Gasteiger partial charge < -0.3 is 24.3 Å². The number of thiocarbonyl (C=S) groups is 1. The SMILES string of the molecule is COc1ccc(OC)c(N2C(=S)N[C@H](c3ccccn3)[C@@H]2c2cc(C)n(-c3ccc(F)cc3)c2C)c1. The molecule has 1 fully saturated rings. The molecule has 184 valence electrons. The van der Waals surface area contributed by atoms with E-state index < -0.39 is 0 Å². The van der Waals surface area contributed by atoms with Crippen LogP contribution in [0.2, 0.25) is 0 Å². The largest absolute Gasteiger partial charge is 0.497 e. The Bertz CT molecular complexity index is 1410. The van der Waals surface area contributed by atoms with E-state index in [0.717, 1.165) is 34.0 Å². The predicted molar refractivity (Wildman–Crippen MR) is 143 cm³/mol. The normalized spacial score (nSPS) is 17.2. The predicted octanol–water partition coefficient (Wildman–Crippen LogP) is 5.82. The molecule has 1 N–H and O–H groups in total. The summed E-state index contributed by atoms with van der Waals surface area (Å²) in [5, 5.41) is 4.06. The van der Waals surface area contributed by atoms with Crippen molar-refractivity contribution in [1.29, 1.82) is 0 Å². The summed E-state index contributed by atoms with van der Waals surface area (Å²) in [6, 6.07) is 19.8. The number of hydrogen-bond acceptors (Lipinski definition) is 4. The van der Waals surface area contributed by atoms with Gasteiger partial charge in [-0.2, -0.15) is 0 Å². The van der Waals surface area contributed by atoms with Gasteiger partial charge in [0.2, 0.25) is 0 Å². The van der Waals surface area contributed by atoms with E-state index in [1.807, 2.05) is 43.3 Å². The molecule has 1 saturated heterocycles. The quantitative estimate of drug-likeness (QED) is 0.335. The van der Waals surface area contributed by atoms with Gasteiger partial charge in [0.15, 0.2) is 5.11 Å². The van der Waals surface area contributed by atoms with E-state index in [2.05, 4.69) is 32.8 Å². The number of aromatic nitrogens is 2. The molecule has 0 spiro atoms. The zero-order valence-electron chi connectivity index (χ0n) is 20.5. The first-order valence-corrected chi connectivity index (χ1v) is 12.0. The lowest BCUT2D eigenvalue weighted by Gasteiger charge is -2.29. The van der Waals surface area contributed by atoms with Crippen LogP contribution >= 0.6 is 12.2 Å². The Morgan fingerprint density at radius 1 is 0.972 bits per heavy atom. The second-order valence-electron chi connectivity index (χ2n) is 8.67. The number of nitrogens with one attached hydrogen (secondary N) is 1.